The van der Waals surface area contributed by atoms with Gasteiger partial charge in [0.05, 0.1) is 38.9 Å². The lowest BCUT2D eigenvalue weighted by atomic mass is 10.1. The summed E-state index contributed by atoms with van der Waals surface area (Å²) in [6, 6.07) is 11.4. The molecule has 0 radical (unpaired) electrons. The van der Waals surface area contributed by atoms with Gasteiger partial charge in [-0.3, -0.25) is 9.78 Å². The van der Waals surface area contributed by atoms with Crippen LogP contribution in [0, 0.1) is 0 Å². The molecule has 0 spiro atoms. The van der Waals surface area contributed by atoms with E-state index in [0.29, 0.717) is 30.4 Å². The van der Waals surface area contributed by atoms with E-state index in [9.17, 15) is 4.79 Å². The molecule has 0 bridgehead atoms. The Hall–Kier alpha value is -3.68. The fourth-order valence-corrected chi connectivity index (χ4v) is 2.67. The fourth-order valence-electron chi connectivity index (χ4n) is 2.67. The van der Waals surface area contributed by atoms with Crippen LogP contribution in [0.15, 0.2) is 55.0 Å². The van der Waals surface area contributed by atoms with Gasteiger partial charge >= 0.3 is 0 Å². The molecule has 2 aromatic heterocycles. The number of pyridine rings is 1. The van der Waals surface area contributed by atoms with Gasteiger partial charge in [-0.15, -0.1) is 0 Å². The normalized spacial score (nSPS) is 10.3. The number of hydrogen-bond acceptors (Lipinski definition) is 7. The van der Waals surface area contributed by atoms with E-state index in [1.165, 1.54) is 6.20 Å². The highest BCUT2D eigenvalue weighted by Crippen LogP contribution is 2.27. The molecule has 2 heterocycles. The summed E-state index contributed by atoms with van der Waals surface area (Å²) in [6.45, 7) is 1.00. The van der Waals surface area contributed by atoms with Gasteiger partial charge in [0.25, 0.3) is 5.91 Å². The Bertz CT molecular complexity index is 933. The van der Waals surface area contributed by atoms with Crippen molar-refractivity contribution >= 4 is 11.7 Å². The van der Waals surface area contributed by atoms with Gasteiger partial charge in [0, 0.05) is 12.7 Å². The lowest BCUT2D eigenvalue weighted by Gasteiger charge is -2.10. The molecule has 0 unspecified atom stereocenters. The Morgan fingerprint density at radius 3 is 2.55 bits per heavy atom. The Labute approximate surface area is 169 Å². The standard InChI is InChI=1S/C21H23N5O3/c1-28-18-7-6-15(11-19(18)29-2)8-10-23-20-14-24-17(13-25-20)21(27)26-12-16-5-3-4-9-22-16/h3-7,9,11,13-14H,8,10,12H2,1-2H3,(H,23,25)(H,26,27). The summed E-state index contributed by atoms with van der Waals surface area (Å²) >= 11 is 0. The average Bonchev–Trinajstić information content (AvgIpc) is 2.78. The molecule has 3 aromatic rings. The second-order valence-corrected chi connectivity index (χ2v) is 6.16. The minimum Gasteiger partial charge on any atom is -0.493 e. The summed E-state index contributed by atoms with van der Waals surface area (Å²) in [6.07, 6.45) is 5.45. The van der Waals surface area contributed by atoms with Crippen LogP contribution in [0.1, 0.15) is 21.7 Å². The SMILES string of the molecule is COc1ccc(CCNc2cnc(C(=O)NCc3ccccn3)cn2)cc1OC. The summed E-state index contributed by atoms with van der Waals surface area (Å²) in [5.74, 6) is 1.71. The number of nitrogens with one attached hydrogen (secondary N) is 2. The zero-order valence-corrected chi connectivity index (χ0v) is 16.4. The minimum atomic E-state index is -0.292. The topological polar surface area (TPSA) is 98.3 Å². The Morgan fingerprint density at radius 1 is 1.00 bits per heavy atom. The zero-order valence-electron chi connectivity index (χ0n) is 16.4. The number of anilines is 1. The first-order chi connectivity index (χ1) is 14.2. The lowest BCUT2D eigenvalue weighted by molar-refractivity contribution is 0.0945. The van der Waals surface area contributed by atoms with Crippen molar-refractivity contribution in [3.05, 3.63) is 71.9 Å². The molecule has 1 aromatic carbocycles. The number of methoxy groups -OCH3 is 2. The molecule has 0 aliphatic carbocycles. The quantitative estimate of drug-likeness (QED) is 0.576. The number of rotatable bonds is 9. The first-order valence-corrected chi connectivity index (χ1v) is 9.14. The number of hydrogen-bond donors (Lipinski definition) is 2. The molecule has 29 heavy (non-hydrogen) atoms. The maximum Gasteiger partial charge on any atom is 0.271 e. The van der Waals surface area contributed by atoms with E-state index in [-0.39, 0.29) is 11.6 Å². The van der Waals surface area contributed by atoms with Gasteiger partial charge in [0.15, 0.2) is 11.5 Å². The van der Waals surface area contributed by atoms with Gasteiger partial charge < -0.3 is 20.1 Å². The van der Waals surface area contributed by atoms with E-state index in [4.69, 9.17) is 9.47 Å². The average molecular weight is 393 g/mol. The highest BCUT2D eigenvalue weighted by Gasteiger charge is 2.08. The zero-order chi connectivity index (χ0) is 20.5. The van der Waals surface area contributed by atoms with Gasteiger partial charge in [-0.1, -0.05) is 12.1 Å². The molecule has 2 N–H and O–H groups in total. The van der Waals surface area contributed by atoms with Crippen LogP contribution in [0.4, 0.5) is 5.82 Å². The van der Waals surface area contributed by atoms with Crippen molar-refractivity contribution in [2.45, 2.75) is 13.0 Å². The third kappa shape index (κ3) is 5.65. The molecule has 8 heteroatoms. The van der Waals surface area contributed by atoms with E-state index < -0.39 is 0 Å². The largest absolute Gasteiger partial charge is 0.493 e. The third-order valence-electron chi connectivity index (χ3n) is 4.21. The van der Waals surface area contributed by atoms with Gasteiger partial charge in [0.2, 0.25) is 0 Å². The van der Waals surface area contributed by atoms with E-state index in [1.54, 1.807) is 26.6 Å². The van der Waals surface area contributed by atoms with Crippen LogP contribution in [0.25, 0.3) is 0 Å². The van der Waals surface area contributed by atoms with Gasteiger partial charge in [-0.05, 0) is 36.2 Å². The van der Waals surface area contributed by atoms with Crippen molar-refractivity contribution in [1.29, 1.82) is 0 Å². The molecule has 0 aliphatic rings. The number of carbonyl (C=O) groups is 1. The van der Waals surface area contributed by atoms with Crippen LogP contribution in [0.5, 0.6) is 11.5 Å². The van der Waals surface area contributed by atoms with Crippen LogP contribution in [0.2, 0.25) is 0 Å². The summed E-state index contributed by atoms with van der Waals surface area (Å²) in [7, 11) is 3.23. The van der Waals surface area contributed by atoms with Gasteiger partial charge in [0.1, 0.15) is 11.5 Å². The number of nitrogens with zero attached hydrogens (tertiary/aromatic N) is 3. The number of carbonyl (C=O) groups excluding carboxylic acids is 1. The maximum absolute atomic E-state index is 12.2. The van der Waals surface area contributed by atoms with Crippen LogP contribution >= 0.6 is 0 Å². The van der Waals surface area contributed by atoms with E-state index in [2.05, 4.69) is 25.6 Å². The summed E-state index contributed by atoms with van der Waals surface area (Å²) in [5.41, 5.74) is 2.14. The lowest BCUT2D eigenvalue weighted by Crippen LogP contribution is -2.24. The van der Waals surface area contributed by atoms with Gasteiger partial charge in [-0.25, -0.2) is 9.97 Å². The van der Waals surface area contributed by atoms with Crippen molar-refractivity contribution in [2.75, 3.05) is 26.1 Å². The number of ether oxygens (including phenoxy) is 2. The number of aromatic nitrogens is 3. The number of amides is 1. The molecular formula is C21H23N5O3. The predicted octanol–water partition coefficient (Wildman–Crippen LogP) is 2.47. The second-order valence-electron chi connectivity index (χ2n) is 6.16. The first kappa shape index (κ1) is 20.1. The summed E-state index contributed by atoms with van der Waals surface area (Å²) in [4.78, 5) is 24.7. The van der Waals surface area contributed by atoms with Crippen molar-refractivity contribution in [3.63, 3.8) is 0 Å². The van der Waals surface area contributed by atoms with Crippen LogP contribution in [0.3, 0.4) is 0 Å². The Balaban J connectivity index is 1.48. The van der Waals surface area contributed by atoms with Gasteiger partial charge in [-0.2, -0.15) is 0 Å². The molecule has 0 fully saturated rings. The van der Waals surface area contributed by atoms with Crippen molar-refractivity contribution < 1.29 is 14.3 Å². The maximum atomic E-state index is 12.2. The van der Waals surface area contributed by atoms with E-state index in [1.807, 2.05) is 36.4 Å². The molecule has 150 valence electrons. The van der Waals surface area contributed by atoms with Crippen LogP contribution in [-0.2, 0) is 13.0 Å². The molecule has 0 saturated carbocycles. The first-order valence-electron chi connectivity index (χ1n) is 9.14. The highest BCUT2D eigenvalue weighted by atomic mass is 16.5. The molecule has 1 amide bonds. The monoisotopic (exact) mass is 393 g/mol. The molecule has 3 rings (SSSR count). The Kier molecular flexibility index (Phi) is 6.94. The molecule has 0 saturated heterocycles. The van der Waals surface area contributed by atoms with Crippen LogP contribution in [-0.4, -0.2) is 41.6 Å². The summed E-state index contributed by atoms with van der Waals surface area (Å²) in [5, 5.41) is 5.97. The van der Waals surface area contributed by atoms with Crippen molar-refractivity contribution in [2.24, 2.45) is 0 Å². The van der Waals surface area contributed by atoms with Crippen molar-refractivity contribution in [1.82, 2.24) is 20.3 Å². The summed E-state index contributed by atoms with van der Waals surface area (Å²) < 4.78 is 10.6. The highest BCUT2D eigenvalue weighted by molar-refractivity contribution is 5.91. The molecule has 0 aliphatic heterocycles. The molecule has 8 nitrogen and oxygen atoms in total. The predicted molar refractivity (Wildman–Crippen MR) is 109 cm³/mol. The third-order valence-corrected chi connectivity index (χ3v) is 4.21. The smallest absolute Gasteiger partial charge is 0.271 e. The minimum absolute atomic E-state index is 0.256. The molecular weight excluding hydrogens is 370 g/mol. The fraction of sp³-hybridized carbons (Fsp3) is 0.238. The van der Waals surface area contributed by atoms with E-state index in [0.717, 1.165) is 17.7 Å². The van der Waals surface area contributed by atoms with E-state index >= 15 is 0 Å². The number of benzene rings is 1. The molecule has 0 atom stereocenters. The second kappa shape index (κ2) is 10.0. The van der Waals surface area contributed by atoms with Crippen molar-refractivity contribution in [3.8, 4) is 11.5 Å². The Morgan fingerprint density at radius 2 is 1.86 bits per heavy atom. The van der Waals surface area contributed by atoms with Crippen LogP contribution < -0.4 is 20.1 Å².